The van der Waals surface area contributed by atoms with Gasteiger partial charge in [-0.05, 0) is 88.4 Å². The van der Waals surface area contributed by atoms with Gasteiger partial charge in [-0.25, -0.2) is 8.78 Å². The van der Waals surface area contributed by atoms with Crippen LogP contribution in [-0.2, 0) is 4.74 Å². The summed E-state index contributed by atoms with van der Waals surface area (Å²) in [4.78, 5) is 0. The molecule has 3 fully saturated rings. The summed E-state index contributed by atoms with van der Waals surface area (Å²) in [7, 11) is 0. The third-order valence-corrected chi connectivity index (χ3v) is 6.55. The standard InChI is InChI=1S/C20H32F2O/c1-2-3-14-4-6-15(7-5-14)17-9-11-20(23-13-17)16-8-10-18(21)19(22)12-16/h2-3,14-20H,4-13H2,1H3/b3-2+. The molecule has 1 nitrogen and oxygen atoms in total. The van der Waals surface area contributed by atoms with Crippen LogP contribution in [0.15, 0.2) is 12.2 Å². The monoisotopic (exact) mass is 326 g/mol. The lowest BCUT2D eigenvalue weighted by Crippen LogP contribution is -2.39. The van der Waals surface area contributed by atoms with E-state index in [4.69, 9.17) is 4.74 Å². The van der Waals surface area contributed by atoms with E-state index in [0.29, 0.717) is 18.8 Å². The van der Waals surface area contributed by atoms with E-state index in [2.05, 4.69) is 19.1 Å². The minimum Gasteiger partial charge on any atom is -0.378 e. The number of hydrogen-bond acceptors (Lipinski definition) is 1. The van der Waals surface area contributed by atoms with Crippen molar-refractivity contribution in [3.8, 4) is 0 Å². The van der Waals surface area contributed by atoms with Gasteiger partial charge in [-0.1, -0.05) is 12.2 Å². The summed E-state index contributed by atoms with van der Waals surface area (Å²) in [6, 6.07) is 0. The van der Waals surface area contributed by atoms with Crippen molar-refractivity contribution in [3.63, 3.8) is 0 Å². The smallest absolute Gasteiger partial charge is 0.132 e. The maximum Gasteiger partial charge on any atom is 0.132 e. The summed E-state index contributed by atoms with van der Waals surface area (Å²) in [6.07, 6.45) is 11.3. The van der Waals surface area contributed by atoms with E-state index in [0.717, 1.165) is 31.3 Å². The Balaban J connectivity index is 1.42. The van der Waals surface area contributed by atoms with Crippen LogP contribution in [0.2, 0.25) is 0 Å². The number of alkyl halides is 2. The molecule has 23 heavy (non-hydrogen) atoms. The summed E-state index contributed by atoms with van der Waals surface area (Å²) in [5.41, 5.74) is 0. The fraction of sp³-hybridized carbons (Fsp3) is 0.900. The predicted molar refractivity (Wildman–Crippen MR) is 89.9 cm³/mol. The molecule has 0 aromatic rings. The first-order chi connectivity index (χ1) is 11.2. The Bertz CT molecular complexity index is 381. The van der Waals surface area contributed by atoms with E-state index in [-0.39, 0.29) is 12.0 Å². The van der Waals surface area contributed by atoms with Gasteiger partial charge < -0.3 is 4.74 Å². The highest BCUT2D eigenvalue weighted by molar-refractivity contribution is 4.91. The van der Waals surface area contributed by atoms with E-state index < -0.39 is 12.3 Å². The Hall–Kier alpha value is -0.440. The molecule has 5 unspecified atom stereocenters. The Morgan fingerprint density at radius 2 is 1.48 bits per heavy atom. The normalized spacial score (nSPS) is 46.1. The lowest BCUT2D eigenvalue weighted by atomic mass is 9.72. The Kier molecular flexibility index (Phi) is 6.12. The van der Waals surface area contributed by atoms with E-state index in [9.17, 15) is 8.78 Å². The van der Waals surface area contributed by atoms with Gasteiger partial charge in [0.05, 0.1) is 12.7 Å². The number of halogens is 2. The lowest BCUT2D eigenvalue weighted by molar-refractivity contribution is -0.0824. The molecule has 0 aromatic carbocycles. The summed E-state index contributed by atoms with van der Waals surface area (Å²) in [5, 5.41) is 0. The average molecular weight is 326 g/mol. The summed E-state index contributed by atoms with van der Waals surface area (Å²) in [6.45, 7) is 2.95. The van der Waals surface area contributed by atoms with Crippen molar-refractivity contribution in [1.29, 1.82) is 0 Å². The quantitative estimate of drug-likeness (QED) is 0.610. The molecule has 2 aliphatic carbocycles. The highest BCUT2D eigenvalue weighted by atomic mass is 19.2. The minimum atomic E-state index is -1.27. The molecule has 0 N–H and O–H groups in total. The third kappa shape index (κ3) is 4.35. The van der Waals surface area contributed by atoms with Crippen LogP contribution in [0.25, 0.3) is 0 Å². The van der Waals surface area contributed by atoms with Crippen molar-refractivity contribution in [2.24, 2.45) is 23.7 Å². The maximum absolute atomic E-state index is 13.6. The molecule has 0 radical (unpaired) electrons. The van der Waals surface area contributed by atoms with E-state index in [1.807, 2.05) is 0 Å². The SMILES string of the molecule is C/C=C/C1CCC(C2CCC(C3CCC(F)C(F)C3)OC2)CC1. The minimum absolute atomic E-state index is 0.177. The highest BCUT2D eigenvalue weighted by Crippen LogP contribution is 2.41. The van der Waals surface area contributed by atoms with Gasteiger partial charge in [-0.3, -0.25) is 0 Å². The number of rotatable bonds is 3. The second-order valence-corrected chi connectivity index (χ2v) is 8.01. The van der Waals surface area contributed by atoms with Crippen molar-refractivity contribution >= 4 is 0 Å². The van der Waals surface area contributed by atoms with Gasteiger partial charge in [0.2, 0.25) is 0 Å². The zero-order chi connectivity index (χ0) is 16.2. The predicted octanol–water partition coefficient (Wildman–Crippen LogP) is 5.64. The summed E-state index contributed by atoms with van der Waals surface area (Å²) < 4.78 is 33.0. The Morgan fingerprint density at radius 3 is 2.09 bits per heavy atom. The molecule has 3 rings (SSSR count). The third-order valence-electron chi connectivity index (χ3n) is 6.55. The maximum atomic E-state index is 13.6. The van der Waals surface area contributed by atoms with Crippen molar-refractivity contribution in [2.45, 2.75) is 83.2 Å². The van der Waals surface area contributed by atoms with Crippen molar-refractivity contribution in [2.75, 3.05) is 6.61 Å². The van der Waals surface area contributed by atoms with Crippen LogP contribution in [0.1, 0.15) is 64.7 Å². The summed E-state index contributed by atoms with van der Waals surface area (Å²) >= 11 is 0. The summed E-state index contributed by atoms with van der Waals surface area (Å²) in [5.74, 6) is 2.53. The van der Waals surface area contributed by atoms with Gasteiger partial charge >= 0.3 is 0 Å². The van der Waals surface area contributed by atoms with Crippen molar-refractivity contribution in [3.05, 3.63) is 12.2 Å². The highest BCUT2D eigenvalue weighted by Gasteiger charge is 2.38. The van der Waals surface area contributed by atoms with Crippen LogP contribution in [-0.4, -0.2) is 25.1 Å². The van der Waals surface area contributed by atoms with Crippen LogP contribution in [0, 0.1) is 23.7 Å². The molecule has 0 bridgehead atoms. The molecule has 1 heterocycles. The molecular formula is C20H32F2O. The zero-order valence-electron chi connectivity index (χ0n) is 14.4. The van der Waals surface area contributed by atoms with Gasteiger partial charge in [0.15, 0.2) is 0 Å². The largest absolute Gasteiger partial charge is 0.378 e. The zero-order valence-corrected chi connectivity index (χ0v) is 14.4. The van der Waals surface area contributed by atoms with E-state index >= 15 is 0 Å². The molecule has 1 saturated heterocycles. The van der Waals surface area contributed by atoms with Crippen molar-refractivity contribution < 1.29 is 13.5 Å². The topological polar surface area (TPSA) is 9.23 Å². The molecule has 132 valence electrons. The molecule has 1 aliphatic heterocycles. The van der Waals surface area contributed by atoms with Crippen molar-refractivity contribution in [1.82, 2.24) is 0 Å². The second kappa shape index (κ2) is 8.09. The molecule has 0 aromatic heterocycles. The fourth-order valence-electron chi connectivity index (χ4n) is 5.06. The number of hydrogen-bond donors (Lipinski definition) is 0. The van der Waals surface area contributed by atoms with Gasteiger partial charge in [-0.15, -0.1) is 0 Å². The van der Waals surface area contributed by atoms with Crippen LogP contribution in [0.3, 0.4) is 0 Å². The molecule has 0 amide bonds. The molecular weight excluding hydrogens is 294 g/mol. The second-order valence-electron chi connectivity index (χ2n) is 8.01. The molecule has 3 heteroatoms. The average Bonchev–Trinajstić information content (AvgIpc) is 2.59. The van der Waals surface area contributed by atoms with E-state index in [1.165, 1.54) is 32.1 Å². The molecule has 3 aliphatic rings. The Morgan fingerprint density at radius 1 is 0.783 bits per heavy atom. The van der Waals surface area contributed by atoms with Crippen LogP contribution < -0.4 is 0 Å². The fourth-order valence-corrected chi connectivity index (χ4v) is 5.06. The Labute approximate surface area is 139 Å². The molecule has 5 atom stereocenters. The van der Waals surface area contributed by atoms with Gasteiger partial charge in [0, 0.05) is 0 Å². The van der Waals surface area contributed by atoms with E-state index in [1.54, 1.807) is 0 Å². The first-order valence-corrected chi connectivity index (χ1v) is 9.70. The first kappa shape index (κ1) is 17.4. The molecule has 2 saturated carbocycles. The van der Waals surface area contributed by atoms with Crippen LogP contribution >= 0.6 is 0 Å². The van der Waals surface area contributed by atoms with Gasteiger partial charge in [-0.2, -0.15) is 0 Å². The lowest BCUT2D eigenvalue weighted by Gasteiger charge is -2.41. The van der Waals surface area contributed by atoms with Crippen LogP contribution in [0.4, 0.5) is 8.78 Å². The van der Waals surface area contributed by atoms with Gasteiger partial charge in [0.1, 0.15) is 12.3 Å². The number of allylic oxidation sites excluding steroid dienone is 2. The number of ether oxygens (including phenoxy) is 1. The van der Waals surface area contributed by atoms with Gasteiger partial charge in [0.25, 0.3) is 0 Å². The van der Waals surface area contributed by atoms with Crippen LogP contribution in [0.5, 0.6) is 0 Å². The molecule has 0 spiro atoms. The first-order valence-electron chi connectivity index (χ1n) is 9.70.